The largest absolute Gasteiger partial charge is 0.0776 e. The van der Waals surface area contributed by atoms with Gasteiger partial charge in [0.2, 0.25) is 0 Å². The monoisotopic (exact) mass is 981 g/mol. The fourth-order valence-electron chi connectivity index (χ4n) is 20.7. The van der Waals surface area contributed by atoms with Gasteiger partial charge in [-0.25, -0.2) is 0 Å². The molecule has 0 aromatic heterocycles. The van der Waals surface area contributed by atoms with E-state index in [1.54, 1.807) is 141 Å². The van der Waals surface area contributed by atoms with Crippen LogP contribution in [0.25, 0.3) is 0 Å². The summed E-state index contributed by atoms with van der Waals surface area (Å²) >= 11 is 0. The Hall–Kier alpha value is 0. The van der Waals surface area contributed by atoms with E-state index in [1.165, 1.54) is 77.0 Å². The van der Waals surface area contributed by atoms with Crippen molar-refractivity contribution in [1.29, 1.82) is 0 Å². The molecule has 0 heteroatoms. The Labute approximate surface area is 447 Å². The maximum Gasteiger partial charge on any atom is -0.0321 e. The second-order valence-corrected chi connectivity index (χ2v) is 26.3. The highest BCUT2D eigenvalue weighted by atomic mass is 14.6. The van der Waals surface area contributed by atoms with Crippen LogP contribution in [0.15, 0.2) is 0 Å². The zero-order chi connectivity index (χ0) is 45.2. The molecule has 8 fully saturated rings. The maximum absolute atomic E-state index is 2.83. The third-order valence-electron chi connectivity index (χ3n) is 23.4. The molecule has 0 saturated heterocycles. The molecule has 0 aromatic rings. The third-order valence-corrected chi connectivity index (χ3v) is 23.4. The summed E-state index contributed by atoms with van der Waals surface area (Å²) in [4.78, 5) is 0. The van der Waals surface area contributed by atoms with E-state index in [1.807, 2.05) is 13.8 Å². The lowest BCUT2D eigenvalue weighted by molar-refractivity contribution is -0.140. The summed E-state index contributed by atoms with van der Waals surface area (Å²) in [5.74, 6) is 21.5. The molecule has 0 bridgehead atoms. The first-order valence-electron chi connectivity index (χ1n) is 31.3. The van der Waals surface area contributed by atoms with Gasteiger partial charge in [0.05, 0.1) is 0 Å². The fraction of sp³-hybridized carbons (Fsp3) is 1.00. The van der Waals surface area contributed by atoms with E-state index in [0.29, 0.717) is 0 Å². The second kappa shape index (κ2) is 33.9. The summed E-state index contributed by atoms with van der Waals surface area (Å²) in [5.41, 5.74) is 0. The Morgan fingerprint density at radius 1 is 0.386 bits per heavy atom. The average Bonchev–Trinajstić information content (AvgIpc) is 3.82. The van der Waals surface area contributed by atoms with Crippen LogP contribution in [-0.4, -0.2) is 0 Å². The van der Waals surface area contributed by atoms with Crippen LogP contribution in [0.5, 0.6) is 0 Å². The minimum atomic E-state index is 0. The van der Waals surface area contributed by atoms with E-state index in [4.69, 9.17) is 0 Å². The lowest BCUT2D eigenvalue weighted by Crippen LogP contribution is -2.56. The van der Waals surface area contributed by atoms with Crippen molar-refractivity contribution < 1.29 is 0 Å². The van der Waals surface area contributed by atoms with E-state index < -0.39 is 0 Å². The van der Waals surface area contributed by atoms with Gasteiger partial charge in [0, 0.05) is 0 Å². The standard InChI is InChI=1S/C62H110.C2H6.6CH4/c1-8-11-15-25-43(5)60-51(10-3)56(62(55-33-23-21-31-53(55)60)58-41-57(45(58)7)47-28-18-14-19-29-47)39-38-48-35-34-44(6)59(42(4)24-12-9-2)52-30-20-22-32-54(52)61(48)50-37-36-49(40-50)46-26-16-13-17-27-46;1-2;;;;;;/h42-62H,8-41H2,1-7H3;1-2H3;6*1H4. The van der Waals surface area contributed by atoms with Crippen LogP contribution >= 0.6 is 0 Å². The smallest absolute Gasteiger partial charge is 0.0321 e. The van der Waals surface area contributed by atoms with Crippen LogP contribution in [0.4, 0.5) is 0 Å². The molecule has 8 saturated carbocycles. The summed E-state index contributed by atoms with van der Waals surface area (Å²) in [6, 6.07) is 0. The molecular formula is C70H140. The molecule has 0 heterocycles. The molecule has 70 heavy (non-hydrogen) atoms. The zero-order valence-corrected chi connectivity index (χ0v) is 45.2. The van der Waals surface area contributed by atoms with Gasteiger partial charge < -0.3 is 0 Å². The van der Waals surface area contributed by atoms with Gasteiger partial charge in [0.25, 0.3) is 0 Å². The van der Waals surface area contributed by atoms with Crippen molar-refractivity contribution in [3.8, 4) is 0 Å². The predicted molar refractivity (Wildman–Crippen MR) is 322 cm³/mol. The number of unbranched alkanes of at least 4 members (excludes halogenated alkanes) is 3. The molecule has 0 radical (unpaired) electrons. The molecule has 0 aliphatic heterocycles. The third kappa shape index (κ3) is 15.6. The highest BCUT2D eigenvalue weighted by molar-refractivity contribution is 5.06. The highest BCUT2D eigenvalue weighted by Gasteiger charge is 2.58. The van der Waals surface area contributed by atoms with E-state index in [2.05, 4.69) is 48.5 Å². The van der Waals surface area contributed by atoms with E-state index in [0.717, 1.165) is 124 Å². The van der Waals surface area contributed by atoms with Crippen LogP contribution < -0.4 is 0 Å². The van der Waals surface area contributed by atoms with Crippen molar-refractivity contribution in [2.75, 3.05) is 0 Å². The fourth-order valence-corrected chi connectivity index (χ4v) is 20.7. The molecular weight excluding hydrogens is 841 g/mol. The van der Waals surface area contributed by atoms with Gasteiger partial charge in [-0.05, 0) is 195 Å². The maximum atomic E-state index is 2.83. The zero-order valence-electron chi connectivity index (χ0n) is 45.2. The first-order chi connectivity index (χ1) is 31.3. The van der Waals surface area contributed by atoms with Crippen LogP contribution in [-0.2, 0) is 0 Å². The topological polar surface area (TPSA) is 0 Å². The summed E-state index contributed by atoms with van der Waals surface area (Å²) in [6.45, 7) is 22.8. The first kappa shape index (κ1) is 68.0. The quantitative estimate of drug-likeness (QED) is 0.127. The summed E-state index contributed by atoms with van der Waals surface area (Å²) in [6.07, 6.45) is 52.7. The number of rotatable bonds is 17. The first-order valence-corrected chi connectivity index (χ1v) is 31.3. The highest BCUT2D eigenvalue weighted by Crippen LogP contribution is 2.65. The Bertz CT molecular complexity index is 1270. The van der Waals surface area contributed by atoms with E-state index in [-0.39, 0.29) is 44.6 Å². The molecule has 0 spiro atoms. The van der Waals surface area contributed by atoms with Crippen molar-refractivity contribution in [3.05, 3.63) is 0 Å². The van der Waals surface area contributed by atoms with Gasteiger partial charge in [0.1, 0.15) is 0 Å². The molecule has 8 aliphatic rings. The van der Waals surface area contributed by atoms with Crippen LogP contribution in [0, 0.1) is 124 Å². The van der Waals surface area contributed by atoms with Gasteiger partial charge in [-0.2, -0.15) is 0 Å². The average molecular weight is 982 g/mol. The molecule has 0 nitrogen and oxygen atoms in total. The molecule has 0 amide bonds. The molecule has 420 valence electrons. The van der Waals surface area contributed by atoms with Crippen LogP contribution in [0.3, 0.4) is 0 Å². The summed E-state index contributed by atoms with van der Waals surface area (Å²) in [5, 5.41) is 0. The van der Waals surface area contributed by atoms with Gasteiger partial charge >= 0.3 is 0 Å². The Morgan fingerprint density at radius 3 is 1.46 bits per heavy atom. The molecule has 8 rings (SSSR count). The summed E-state index contributed by atoms with van der Waals surface area (Å²) in [7, 11) is 0. The van der Waals surface area contributed by atoms with Gasteiger partial charge in [-0.15, -0.1) is 0 Å². The SMILES string of the molecule is C.C.C.C.C.C.CC.CCCCCC(C)C1C(CC)C(CCC2CCC(C)C(C(C)CCCC)C3CCCCC3C2C2CCC(C3CCCCC3)C2)C(C2CC(C3CCCCC3)C2C)C2CCCCC21. The van der Waals surface area contributed by atoms with Crippen molar-refractivity contribution >= 4 is 0 Å². The second-order valence-electron chi connectivity index (χ2n) is 26.3. The van der Waals surface area contributed by atoms with Crippen LogP contribution in [0.2, 0.25) is 0 Å². The molecule has 0 N–H and O–H groups in total. The van der Waals surface area contributed by atoms with Crippen molar-refractivity contribution in [2.24, 2.45) is 124 Å². The van der Waals surface area contributed by atoms with Crippen molar-refractivity contribution in [1.82, 2.24) is 0 Å². The van der Waals surface area contributed by atoms with Gasteiger partial charge in [-0.1, -0.05) is 255 Å². The predicted octanol–water partition coefficient (Wildman–Crippen LogP) is 24.3. The lowest BCUT2D eigenvalue weighted by Gasteiger charge is -2.62. The number of hydrogen-bond donors (Lipinski definition) is 0. The van der Waals surface area contributed by atoms with Crippen LogP contribution in [0.1, 0.15) is 325 Å². The van der Waals surface area contributed by atoms with E-state index >= 15 is 0 Å². The minimum absolute atomic E-state index is 0. The van der Waals surface area contributed by atoms with Gasteiger partial charge in [-0.3, -0.25) is 0 Å². The lowest BCUT2D eigenvalue weighted by atomic mass is 9.43. The van der Waals surface area contributed by atoms with E-state index in [9.17, 15) is 0 Å². The molecule has 8 aliphatic carbocycles. The van der Waals surface area contributed by atoms with Crippen molar-refractivity contribution in [2.45, 2.75) is 325 Å². The van der Waals surface area contributed by atoms with Crippen molar-refractivity contribution in [3.63, 3.8) is 0 Å². The number of hydrogen-bond acceptors (Lipinski definition) is 0. The summed E-state index contributed by atoms with van der Waals surface area (Å²) < 4.78 is 0. The molecule has 19 unspecified atom stereocenters. The Morgan fingerprint density at radius 2 is 0.886 bits per heavy atom. The Balaban J connectivity index is 0.00000302. The molecule has 19 atom stereocenters. The minimum Gasteiger partial charge on any atom is -0.0776 e. The Kier molecular flexibility index (Phi) is 32.9. The molecule has 0 aromatic carbocycles. The number of fused-ring (bicyclic) bond motifs is 2. The normalized spacial score (nSPS) is 39.6. The van der Waals surface area contributed by atoms with Gasteiger partial charge in [0.15, 0.2) is 0 Å².